The van der Waals surface area contributed by atoms with E-state index in [-0.39, 0.29) is 30.7 Å². The molecule has 1 unspecified atom stereocenters. The van der Waals surface area contributed by atoms with Gasteiger partial charge in [-0.05, 0) is 36.9 Å². The van der Waals surface area contributed by atoms with Crippen molar-refractivity contribution in [1.82, 2.24) is 19.6 Å². The largest absolute Gasteiger partial charge is 0.439 e. The summed E-state index contributed by atoms with van der Waals surface area (Å²) in [4.78, 5) is 45.4. The van der Waals surface area contributed by atoms with Gasteiger partial charge in [0.2, 0.25) is 0 Å². The Balaban J connectivity index is 1.35. The van der Waals surface area contributed by atoms with E-state index < -0.39 is 12.2 Å². The molecule has 1 saturated heterocycles. The Morgan fingerprint density at radius 1 is 1.00 bits per heavy atom. The van der Waals surface area contributed by atoms with Crippen LogP contribution in [0.2, 0.25) is 0 Å². The van der Waals surface area contributed by atoms with E-state index in [1.54, 1.807) is 17.0 Å². The third-order valence-corrected chi connectivity index (χ3v) is 7.24. The van der Waals surface area contributed by atoms with Crippen LogP contribution in [0.15, 0.2) is 67.4 Å². The molecule has 11 heteroatoms. The number of nitrogens with zero attached hydrogens (tertiary/aromatic N) is 5. The molecule has 1 aromatic heterocycles. The average molecular weight is 545 g/mol. The second kappa shape index (κ2) is 11.7. The molecular weight excluding hydrogens is 512 g/mol. The van der Waals surface area contributed by atoms with Crippen molar-refractivity contribution < 1.29 is 23.9 Å². The number of amides is 2. The van der Waals surface area contributed by atoms with E-state index in [0.29, 0.717) is 22.4 Å². The van der Waals surface area contributed by atoms with Gasteiger partial charge in [-0.15, -0.1) is 5.10 Å². The maximum absolute atomic E-state index is 13.4. The average Bonchev–Trinajstić information content (AvgIpc) is 3.55. The molecule has 2 aliphatic heterocycles. The van der Waals surface area contributed by atoms with Crippen LogP contribution in [0.1, 0.15) is 33.3 Å². The fraction of sp³-hybridized carbons (Fsp3) is 0.310. The summed E-state index contributed by atoms with van der Waals surface area (Å²) in [5.41, 5.74) is 3.22. The van der Waals surface area contributed by atoms with Gasteiger partial charge in [0.1, 0.15) is 0 Å². The van der Waals surface area contributed by atoms with Gasteiger partial charge in [0.25, 0.3) is 11.8 Å². The molecule has 2 amide bonds. The molecule has 1 N–H and O–H groups in total. The number of carbonyl (C=O) groups is 3. The number of carbonyl (C=O) groups excluding carboxylic acids is 3. The number of fused-ring (bicyclic) bond motifs is 1. The highest BCUT2D eigenvalue weighted by Gasteiger charge is 2.36. The number of likely N-dealkylation sites (N-methyl/N-ethyl adjacent to an activating group) is 1. The Morgan fingerprint density at radius 3 is 2.35 bits per heavy atom. The zero-order valence-electron chi connectivity index (χ0n) is 22.6. The van der Waals surface area contributed by atoms with Crippen LogP contribution < -0.4 is 10.2 Å². The van der Waals surface area contributed by atoms with Gasteiger partial charge in [0.15, 0.2) is 11.9 Å². The lowest BCUT2D eigenvalue weighted by Gasteiger charge is -2.34. The van der Waals surface area contributed by atoms with Crippen LogP contribution in [0.4, 0.5) is 16.3 Å². The second-order valence-electron chi connectivity index (χ2n) is 9.75. The predicted octanol–water partition coefficient (Wildman–Crippen LogP) is 3.25. The van der Waals surface area contributed by atoms with Gasteiger partial charge < -0.3 is 29.5 Å². The maximum atomic E-state index is 13.4. The predicted molar refractivity (Wildman–Crippen MR) is 149 cm³/mol. The summed E-state index contributed by atoms with van der Waals surface area (Å²) in [5, 5.41) is 7.13. The van der Waals surface area contributed by atoms with E-state index in [1.807, 2.05) is 42.5 Å². The van der Waals surface area contributed by atoms with Crippen molar-refractivity contribution in [2.75, 3.05) is 50.6 Å². The summed E-state index contributed by atoms with van der Waals surface area (Å²) < 4.78 is 11.5. The molecule has 3 heterocycles. The molecule has 0 aliphatic carbocycles. The summed E-state index contributed by atoms with van der Waals surface area (Å²) in [6.45, 7) is 7.49. The van der Waals surface area contributed by atoms with Gasteiger partial charge in [0, 0.05) is 50.1 Å². The number of hydrogen-bond acceptors (Lipinski definition) is 8. The van der Waals surface area contributed by atoms with Gasteiger partial charge in [-0.3, -0.25) is 9.59 Å². The molecule has 208 valence electrons. The quantitative estimate of drug-likeness (QED) is 0.452. The summed E-state index contributed by atoms with van der Waals surface area (Å²) in [6.07, 6.45) is -0.599. The summed E-state index contributed by atoms with van der Waals surface area (Å²) in [6, 6.07) is 16.6. The lowest BCUT2D eigenvalue weighted by Crippen LogP contribution is -2.44. The van der Waals surface area contributed by atoms with Crippen molar-refractivity contribution >= 4 is 29.4 Å². The van der Waals surface area contributed by atoms with Crippen LogP contribution >= 0.6 is 0 Å². The number of hydrogen-bond donors (Lipinski definition) is 1. The first-order valence-electron chi connectivity index (χ1n) is 13.0. The van der Waals surface area contributed by atoms with E-state index in [2.05, 4.69) is 33.8 Å². The normalized spacial score (nSPS) is 15.8. The van der Waals surface area contributed by atoms with Gasteiger partial charge in [-0.25, -0.2) is 4.79 Å². The molecule has 2 aromatic carbocycles. The molecule has 0 spiro atoms. The summed E-state index contributed by atoms with van der Waals surface area (Å²) >= 11 is 0. The van der Waals surface area contributed by atoms with Crippen molar-refractivity contribution in [1.29, 1.82) is 0 Å². The summed E-state index contributed by atoms with van der Waals surface area (Å²) in [5.74, 6) is -0.461. The molecule has 3 aromatic rings. The van der Waals surface area contributed by atoms with Gasteiger partial charge in [-0.1, -0.05) is 36.9 Å². The third kappa shape index (κ3) is 5.47. The highest BCUT2D eigenvalue weighted by atomic mass is 16.5. The second-order valence-corrected chi connectivity index (χ2v) is 9.75. The van der Waals surface area contributed by atoms with Crippen molar-refractivity contribution in [2.24, 2.45) is 0 Å². The third-order valence-electron chi connectivity index (χ3n) is 7.24. The Morgan fingerprint density at radius 2 is 1.70 bits per heavy atom. The van der Waals surface area contributed by atoms with Crippen molar-refractivity contribution in [3.8, 4) is 0 Å². The molecule has 0 saturated carbocycles. The molecule has 2 aliphatic rings. The minimum atomic E-state index is -0.816. The number of piperazine rings is 1. The monoisotopic (exact) mass is 544 g/mol. The summed E-state index contributed by atoms with van der Waals surface area (Å²) in [7, 11) is 3.58. The zero-order valence-corrected chi connectivity index (χ0v) is 22.6. The minimum Gasteiger partial charge on any atom is -0.417 e. The fourth-order valence-electron chi connectivity index (χ4n) is 5.01. The number of ether oxygens (including phenoxy) is 2. The van der Waals surface area contributed by atoms with Crippen molar-refractivity contribution in [3.05, 3.63) is 89.8 Å². The number of anilines is 2. The minimum absolute atomic E-state index is 0.0930. The van der Waals surface area contributed by atoms with E-state index in [4.69, 9.17) is 9.47 Å². The topological polar surface area (TPSA) is 109 Å². The lowest BCUT2D eigenvalue weighted by molar-refractivity contribution is -0.143. The molecule has 0 bridgehead atoms. The number of aromatic nitrogens is 2. The molecule has 11 nitrogen and oxygen atoms in total. The zero-order chi connectivity index (χ0) is 28.2. The first-order valence-corrected chi connectivity index (χ1v) is 13.0. The van der Waals surface area contributed by atoms with E-state index in [1.165, 1.54) is 7.11 Å². The number of benzene rings is 2. The van der Waals surface area contributed by atoms with Gasteiger partial charge in [-0.2, -0.15) is 4.68 Å². The molecule has 0 radical (unpaired) electrons. The Bertz CT molecular complexity index is 1400. The van der Waals surface area contributed by atoms with E-state index >= 15 is 0 Å². The molecule has 1 atom stereocenters. The Hall–Kier alpha value is -4.48. The highest BCUT2D eigenvalue weighted by molar-refractivity contribution is 6.04. The SMILES string of the molecule is C=COC(=O)n1nc(NC(=O)c2ccc(N3CCN(C)CC3)cc2)c2c1CN(C(=O)C(OC)c1ccccc1)C2. The van der Waals surface area contributed by atoms with Crippen LogP contribution in [0, 0.1) is 0 Å². The molecule has 5 rings (SSSR count). The number of nitrogens with one attached hydrogen (secondary N) is 1. The number of methoxy groups -OCH3 is 1. The van der Waals surface area contributed by atoms with Crippen LogP contribution in [0.25, 0.3) is 0 Å². The molecular formula is C29H32N6O5. The van der Waals surface area contributed by atoms with E-state index in [9.17, 15) is 14.4 Å². The van der Waals surface area contributed by atoms with Crippen molar-refractivity contribution in [3.63, 3.8) is 0 Å². The molecule has 40 heavy (non-hydrogen) atoms. The van der Waals surface area contributed by atoms with Crippen LogP contribution in [-0.2, 0) is 27.4 Å². The maximum Gasteiger partial charge on any atom is 0.439 e. The number of rotatable bonds is 7. The molecule has 1 fully saturated rings. The first-order chi connectivity index (χ1) is 19.4. The highest BCUT2D eigenvalue weighted by Crippen LogP contribution is 2.32. The Kier molecular flexibility index (Phi) is 7.94. The Labute approximate surface area is 232 Å². The van der Waals surface area contributed by atoms with E-state index in [0.717, 1.165) is 42.8 Å². The van der Waals surface area contributed by atoms with Crippen LogP contribution in [-0.4, -0.2) is 77.8 Å². The fourth-order valence-corrected chi connectivity index (χ4v) is 5.01. The van der Waals surface area contributed by atoms with Gasteiger partial charge >= 0.3 is 6.09 Å². The van der Waals surface area contributed by atoms with Gasteiger partial charge in [0.05, 0.1) is 25.0 Å². The lowest BCUT2D eigenvalue weighted by atomic mass is 10.1. The van der Waals surface area contributed by atoms with Crippen LogP contribution in [0.5, 0.6) is 0 Å². The van der Waals surface area contributed by atoms with Crippen molar-refractivity contribution in [2.45, 2.75) is 19.2 Å². The smallest absolute Gasteiger partial charge is 0.417 e. The standard InChI is InChI=1S/C29H32N6O5/c1-4-40-29(38)35-24-19-34(28(37)25(39-3)20-8-6-5-7-9-20)18-23(24)26(31-35)30-27(36)21-10-12-22(13-11-21)33-16-14-32(2)15-17-33/h4-13,25H,1,14-19H2,2-3H3,(H,30,31,36). The first kappa shape index (κ1) is 27.1. The van der Waals surface area contributed by atoms with Crippen LogP contribution in [0.3, 0.4) is 0 Å².